The Kier molecular flexibility index (Phi) is 6.56. The minimum absolute atomic E-state index is 0.00632. The van der Waals surface area contributed by atoms with Crippen molar-refractivity contribution < 1.29 is 14.3 Å². The highest BCUT2D eigenvalue weighted by molar-refractivity contribution is 5.90. The first-order chi connectivity index (χ1) is 9.06. The monoisotopic (exact) mass is 268 g/mol. The van der Waals surface area contributed by atoms with E-state index in [-0.39, 0.29) is 17.7 Å². The van der Waals surface area contributed by atoms with Crippen LogP contribution in [0.15, 0.2) is 12.7 Å². The number of hydrogen-bond acceptors (Lipinski definition) is 3. The molecule has 0 bridgehead atoms. The quantitative estimate of drug-likeness (QED) is 0.552. The zero-order valence-corrected chi connectivity index (χ0v) is 11.9. The standard InChI is InChI=1S/C14H24N2O3/c1-4-5-9-19-10-8-16-7-6-12(17)15-13(11(2)3)14(16)18/h4,11,13H,1,5-10H2,2-3H3,(H,15,17). The largest absolute Gasteiger partial charge is 0.379 e. The van der Waals surface area contributed by atoms with Gasteiger partial charge in [-0.1, -0.05) is 19.9 Å². The SMILES string of the molecule is C=CCCOCCN1CCC(=O)NC(C(C)C)C1=O. The van der Waals surface area contributed by atoms with E-state index in [0.717, 1.165) is 6.42 Å². The molecule has 0 saturated carbocycles. The van der Waals surface area contributed by atoms with Crippen molar-refractivity contribution in [1.29, 1.82) is 0 Å². The van der Waals surface area contributed by atoms with Crippen molar-refractivity contribution in [3.63, 3.8) is 0 Å². The molecule has 0 spiro atoms. The highest BCUT2D eigenvalue weighted by atomic mass is 16.5. The second-order valence-corrected chi connectivity index (χ2v) is 5.05. The van der Waals surface area contributed by atoms with Crippen molar-refractivity contribution in [2.45, 2.75) is 32.7 Å². The van der Waals surface area contributed by atoms with Gasteiger partial charge in [0.25, 0.3) is 0 Å². The number of amides is 2. The Balaban J connectivity index is 2.48. The van der Waals surface area contributed by atoms with Gasteiger partial charge < -0.3 is 15.0 Å². The smallest absolute Gasteiger partial charge is 0.245 e. The molecule has 0 aromatic carbocycles. The normalized spacial score (nSPS) is 20.4. The fraction of sp³-hybridized carbons (Fsp3) is 0.714. The molecule has 0 aliphatic carbocycles. The van der Waals surface area contributed by atoms with Crippen molar-refractivity contribution in [3.05, 3.63) is 12.7 Å². The van der Waals surface area contributed by atoms with Crippen LogP contribution in [-0.2, 0) is 14.3 Å². The van der Waals surface area contributed by atoms with Crippen molar-refractivity contribution in [3.8, 4) is 0 Å². The van der Waals surface area contributed by atoms with Gasteiger partial charge in [0.2, 0.25) is 11.8 Å². The Morgan fingerprint density at radius 2 is 2.21 bits per heavy atom. The molecule has 1 aliphatic heterocycles. The van der Waals surface area contributed by atoms with Gasteiger partial charge >= 0.3 is 0 Å². The molecular formula is C14H24N2O3. The van der Waals surface area contributed by atoms with E-state index in [1.165, 1.54) is 0 Å². The van der Waals surface area contributed by atoms with E-state index in [9.17, 15) is 9.59 Å². The zero-order valence-electron chi connectivity index (χ0n) is 11.9. The summed E-state index contributed by atoms with van der Waals surface area (Å²) in [5.74, 6) is 0.0361. The van der Waals surface area contributed by atoms with Gasteiger partial charge in [-0.3, -0.25) is 9.59 Å². The van der Waals surface area contributed by atoms with Gasteiger partial charge in [0.15, 0.2) is 0 Å². The molecule has 0 aromatic heterocycles. The molecule has 2 amide bonds. The second kappa shape index (κ2) is 7.94. The van der Waals surface area contributed by atoms with Crippen LogP contribution in [0.1, 0.15) is 26.7 Å². The Bertz CT molecular complexity index is 329. The van der Waals surface area contributed by atoms with Crippen LogP contribution in [0, 0.1) is 5.92 Å². The highest BCUT2D eigenvalue weighted by Crippen LogP contribution is 2.10. The first-order valence-electron chi connectivity index (χ1n) is 6.83. The van der Waals surface area contributed by atoms with Crippen LogP contribution < -0.4 is 5.32 Å². The van der Waals surface area contributed by atoms with Crippen LogP contribution >= 0.6 is 0 Å². The lowest BCUT2D eigenvalue weighted by Crippen LogP contribution is -2.48. The molecule has 108 valence electrons. The average molecular weight is 268 g/mol. The van der Waals surface area contributed by atoms with Gasteiger partial charge in [-0.05, 0) is 12.3 Å². The molecule has 1 unspecified atom stereocenters. The summed E-state index contributed by atoms with van der Waals surface area (Å²) in [6, 6.07) is -0.414. The molecule has 5 heteroatoms. The van der Waals surface area contributed by atoms with Crippen LogP contribution in [-0.4, -0.2) is 49.1 Å². The molecule has 1 fully saturated rings. The Labute approximate surface area is 115 Å². The summed E-state index contributed by atoms with van der Waals surface area (Å²) < 4.78 is 5.42. The summed E-state index contributed by atoms with van der Waals surface area (Å²) in [5.41, 5.74) is 0. The molecular weight excluding hydrogens is 244 g/mol. The van der Waals surface area contributed by atoms with E-state index in [1.54, 1.807) is 11.0 Å². The number of nitrogens with zero attached hydrogens (tertiary/aromatic N) is 1. The van der Waals surface area contributed by atoms with E-state index < -0.39 is 6.04 Å². The van der Waals surface area contributed by atoms with E-state index in [2.05, 4.69) is 11.9 Å². The molecule has 1 rings (SSSR count). The maximum atomic E-state index is 12.3. The summed E-state index contributed by atoms with van der Waals surface area (Å²) in [7, 11) is 0. The van der Waals surface area contributed by atoms with Gasteiger partial charge in [-0.25, -0.2) is 0 Å². The summed E-state index contributed by atoms with van der Waals surface area (Å²) in [6.45, 7) is 9.62. The van der Waals surface area contributed by atoms with Gasteiger partial charge in [0, 0.05) is 19.5 Å². The average Bonchev–Trinajstić information content (AvgIpc) is 2.51. The predicted molar refractivity (Wildman–Crippen MR) is 73.6 cm³/mol. The Hall–Kier alpha value is -1.36. The third kappa shape index (κ3) is 5.03. The van der Waals surface area contributed by atoms with Crippen LogP contribution in [0.2, 0.25) is 0 Å². The number of carbonyl (C=O) groups is 2. The second-order valence-electron chi connectivity index (χ2n) is 5.05. The third-order valence-electron chi connectivity index (χ3n) is 3.14. The number of rotatable bonds is 7. The topological polar surface area (TPSA) is 58.6 Å². The molecule has 1 aliphatic rings. The Morgan fingerprint density at radius 1 is 1.47 bits per heavy atom. The fourth-order valence-electron chi connectivity index (χ4n) is 1.97. The van der Waals surface area contributed by atoms with Crippen LogP contribution in [0.5, 0.6) is 0 Å². The lowest BCUT2D eigenvalue weighted by Gasteiger charge is -2.25. The molecule has 1 saturated heterocycles. The van der Waals surface area contributed by atoms with Gasteiger partial charge in [0.1, 0.15) is 6.04 Å². The van der Waals surface area contributed by atoms with E-state index in [0.29, 0.717) is 32.7 Å². The lowest BCUT2D eigenvalue weighted by molar-refractivity contribution is -0.135. The molecule has 1 N–H and O–H groups in total. The third-order valence-corrected chi connectivity index (χ3v) is 3.14. The van der Waals surface area contributed by atoms with Crippen LogP contribution in [0.25, 0.3) is 0 Å². The van der Waals surface area contributed by atoms with E-state index in [1.807, 2.05) is 13.8 Å². The maximum absolute atomic E-state index is 12.3. The summed E-state index contributed by atoms with van der Waals surface area (Å²) in [5, 5.41) is 2.78. The van der Waals surface area contributed by atoms with Crippen LogP contribution in [0.3, 0.4) is 0 Å². The van der Waals surface area contributed by atoms with Gasteiger partial charge in [0.05, 0.1) is 13.2 Å². The number of carbonyl (C=O) groups excluding carboxylic acids is 2. The number of ether oxygens (including phenoxy) is 1. The molecule has 1 heterocycles. The van der Waals surface area contributed by atoms with Crippen molar-refractivity contribution >= 4 is 11.8 Å². The molecule has 0 radical (unpaired) electrons. The minimum Gasteiger partial charge on any atom is -0.379 e. The Morgan fingerprint density at radius 3 is 2.84 bits per heavy atom. The summed E-state index contributed by atoms with van der Waals surface area (Å²) in [4.78, 5) is 25.6. The summed E-state index contributed by atoms with van der Waals surface area (Å²) in [6.07, 6.45) is 2.97. The fourth-order valence-corrected chi connectivity index (χ4v) is 1.97. The minimum atomic E-state index is -0.414. The number of nitrogens with one attached hydrogen (secondary N) is 1. The van der Waals surface area contributed by atoms with Crippen molar-refractivity contribution in [2.75, 3.05) is 26.3 Å². The first-order valence-corrected chi connectivity index (χ1v) is 6.83. The highest BCUT2D eigenvalue weighted by Gasteiger charge is 2.31. The van der Waals surface area contributed by atoms with Crippen molar-refractivity contribution in [1.82, 2.24) is 10.2 Å². The van der Waals surface area contributed by atoms with Gasteiger partial charge in [-0.15, -0.1) is 6.58 Å². The zero-order chi connectivity index (χ0) is 14.3. The predicted octanol–water partition coefficient (Wildman–Crippen LogP) is 0.952. The van der Waals surface area contributed by atoms with E-state index >= 15 is 0 Å². The maximum Gasteiger partial charge on any atom is 0.245 e. The molecule has 5 nitrogen and oxygen atoms in total. The molecule has 0 aromatic rings. The first kappa shape index (κ1) is 15.7. The molecule has 19 heavy (non-hydrogen) atoms. The lowest BCUT2D eigenvalue weighted by atomic mass is 10.0. The van der Waals surface area contributed by atoms with Crippen molar-refractivity contribution in [2.24, 2.45) is 5.92 Å². The molecule has 1 atom stereocenters. The summed E-state index contributed by atoms with van der Waals surface area (Å²) >= 11 is 0. The van der Waals surface area contributed by atoms with Crippen LogP contribution in [0.4, 0.5) is 0 Å². The van der Waals surface area contributed by atoms with Gasteiger partial charge in [-0.2, -0.15) is 0 Å². The number of hydrogen-bond donors (Lipinski definition) is 1. The van der Waals surface area contributed by atoms with E-state index in [4.69, 9.17) is 4.74 Å².